The number of rotatable bonds is 8. The number of aryl methyl sites for hydroxylation is 1. The zero-order chi connectivity index (χ0) is 25.9. The summed E-state index contributed by atoms with van der Waals surface area (Å²) in [5, 5.41) is 17.2. The number of aromatic nitrogens is 4. The van der Waals surface area contributed by atoms with Crippen molar-refractivity contribution in [3.8, 4) is 17.3 Å². The van der Waals surface area contributed by atoms with Gasteiger partial charge in [-0.05, 0) is 80.8 Å². The van der Waals surface area contributed by atoms with Crippen LogP contribution in [0, 0.1) is 6.92 Å². The minimum Gasteiger partial charge on any atom is -0.497 e. The average Bonchev–Trinajstić information content (AvgIpc) is 3.58. The summed E-state index contributed by atoms with van der Waals surface area (Å²) >= 11 is 1.40. The third-order valence-electron chi connectivity index (χ3n) is 5.13. The molecule has 0 aliphatic carbocycles. The van der Waals surface area contributed by atoms with Gasteiger partial charge in [0, 0.05) is 16.1 Å². The van der Waals surface area contributed by atoms with Crippen LogP contribution in [0.5, 0.6) is 5.75 Å². The van der Waals surface area contributed by atoms with Crippen LogP contribution in [0.15, 0.2) is 58.3 Å². The van der Waals surface area contributed by atoms with Crippen molar-refractivity contribution >= 4 is 28.8 Å². The van der Waals surface area contributed by atoms with Gasteiger partial charge >= 0.3 is 0 Å². The summed E-state index contributed by atoms with van der Waals surface area (Å²) in [7, 11) is 1.57. The Bertz CT molecular complexity index is 1320. The molecule has 0 saturated carbocycles. The molecule has 4 rings (SSSR count). The van der Waals surface area contributed by atoms with Gasteiger partial charge in [-0.2, -0.15) is 4.80 Å². The first-order valence-corrected chi connectivity index (χ1v) is 12.2. The average molecular weight is 509 g/mol. The van der Waals surface area contributed by atoms with E-state index in [0.717, 1.165) is 4.88 Å². The van der Waals surface area contributed by atoms with E-state index in [2.05, 4.69) is 20.7 Å². The molecule has 3 heterocycles. The fourth-order valence-electron chi connectivity index (χ4n) is 3.60. The number of benzene rings is 1. The van der Waals surface area contributed by atoms with Crippen molar-refractivity contribution in [3.63, 3.8) is 0 Å². The molecule has 1 aromatic carbocycles. The number of nitrogens with one attached hydrogen (secondary N) is 1. The molecule has 0 aliphatic heterocycles. The van der Waals surface area contributed by atoms with Crippen molar-refractivity contribution in [2.24, 2.45) is 0 Å². The predicted molar refractivity (Wildman–Crippen MR) is 136 cm³/mol. The molecule has 4 aromatic rings. The third-order valence-corrected chi connectivity index (χ3v) is 6.05. The number of amides is 2. The summed E-state index contributed by atoms with van der Waals surface area (Å²) in [6.45, 7) is 7.27. The second-order valence-corrected chi connectivity index (χ2v) is 10.2. The van der Waals surface area contributed by atoms with Gasteiger partial charge in [0.1, 0.15) is 24.1 Å². The first-order valence-electron chi connectivity index (χ1n) is 11.3. The van der Waals surface area contributed by atoms with Gasteiger partial charge < -0.3 is 14.5 Å². The zero-order valence-corrected chi connectivity index (χ0v) is 21.6. The van der Waals surface area contributed by atoms with E-state index >= 15 is 0 Å². The Morgan fingerprint density at radius 3 is 2.50 bits per heavy atom. The number of carbonyl (C=O) groups excluding carboxylic acids is 2. The van der Waals surface area contributed by atoms with Gasteiger partial charge in [-0.3, -0.25) is 14.5 Å². The molecule has 0 spiro atoms. The smallest absolute Gasteiger partial charge is 0.251 e. The van der Waals surface area contributed by atoms with Crippen molar-refractivity contribution < 1.29 is 18.7 Å². The van der Waals surface area contributed by atoms with Crippen LogP contribution >= 0.6 is 11.3 Å². The lowest BCUT2D eigenvalue weighted by molar-refractivity contribution is -0.128. The van der Waals surface area contributed by atoms with E-state index in [1.807, 2.05) is 45.2 Å². The van der Waals surface area contributed by atoms with Crippen LogP contribution in [0.2, 0.25) is 0 Å². The maximum absolute atomic E-state index is 13.8. The number of ether oxygens (including phenoxy) is 1. The molecule has 11 heteroatoms. The molecular weight excluding hydrogens is 480 g/mol. The van der Waals surface area contributed by atoms with Crippen LogP contribution in [-0.4, -0.2) is 44.7 Å². The van der Waals surface area contributed by atoms with Gasteiger partial charge in [0.25, 0.3) is 5.91 Å². The highest BCUT2D eigenvalue weighted by Crippen LogP contribution is 2.32. The number of carbonyl (C=O) groups is 2. The van der Waals surface area contributed by atoms with E-state index in [-0.39, 0.29) is 24.2 Å². The third kappa shape index (κ3) is 5.80. The van der Waals surface area contributed by atoms with Gasteiger partial charge in [0.05, 0.1) is 7.11 Å². The number of nitrogens with zero attached hydrogens (tertiary/aromatic N) is 5. The first-order chi connectivity index (χ1) is 17.1. The van der Waals surface area contributed by atoms with Crippen LogP contribution in [-0.2, 0) is 16.1 Å². The molecule has 188 valence electrons. The Balaban J connectivity index is 1.71. The minimum atomic E-state index is -0.902. The van der Waals surface area contributed by atoms with E-state index in [0.29, 0.717) is 23.0 Å². The standard InChI is InChI=1S/C25H28N6O4S/c1-16-8-13-19(35-16)23-27-29-30(28-23)15-21(32)31(17-9-11-18(34-5)12-10-17)22(20-7-6-14-36-20)24(33)26-25(2,3)4/h6-14,22H,15H2,1-5H3,(H,26,33)/t22-/m0/s1. The van der Waals surface area contributed by atoms with Gasteiger partial charge in [-0.1, -0.05) is 6.07 Å². The Morgan fingerprint density at radius 2 is 1.92 bits per heavy atom. The molecule has 1 atom stereocenters. The van der Waals surface area contributed by atoms with Crippen LogP contribution in [0.4, 0.5) is 5.69 Å². The van der Waals surface area contributed by atoms with E-state index < -0.39 is 11.6 Å². The fraction of sp³-hybridized carbons (Fsp3) is 0.320. The second kappa shape index (κ2) is 10.3. The summed E-state index contributed by atoms with van der Waals surface area (Å²) < 4.78 is 10.8. The molecule has 0 bridgehead atoms. The fourth-order valence-corrected chi connectivity index (χ4v) is 4.41. The monoisotopic (exact) mass is 508 g/mol. The normalized spacial score (nSPS) is 12.2. The number of anilines is 1. The number of hydrogen-bond acceptors (Lipinski definition) is 8. The lowest BCUT2D eigenvalue weighted by atomic mass is 10.1. The van der Waals surface area contributed by atoms with Crippen LogP contribution in [0.1, 0.15) is 37.5 Å². The Labute approximate surface area is 212 Å². The largest absolute Gasteiger partial charge is 0.497 e. The lowest BCUT2D eigenvalue weighted by Crippen LogP contribution is -2.50. The topological polar surface area (TPSA) is 115 Å². The summed E-state index contributed by atoms with van der Waals surface area (Å²) in [6, 6.07) is 13.3. The highest BCUT2D eigenvalue weighted by Gasteiger charge is 2.35. The highest BCUT2D eigenvalue weighted by atomic mass is 32.1. The lowest BCUT2D eigenvalue weighted by Gasteiger charge is -2.33. The maximum atomic E-state index is 13.8. The van der Waals surface area contributed by atoms with Crippen molar-refractivity contribution in [1.82, 2.24) is 25.5 Å². The highest BCUT2D eigenvalue weighted by molar-refractivity contribution is 7.10. The molecule has 0 fully saturated rings. The van der Waals surface area contributed by atoms with Crippen LogP contribution < -0.4 is 15.0 Å². The zero-order valence-electron chi connectivity index (χ0n) is 20.8. The summed E-state index contributed by atoms with van der Waals surface area (Å²) in [5.74, 6) is 1.39. The number of thiophene rings is 1. The van der Waals surface area contributed by atoms with Crippen molar-refractivity contribution in [2.75, 3.05) is 12.0 Å². The molecule has 36 heavy (non-hydrogen) atoms. The molecule has 0 saturated heterocycles. The number of hydrogen-bond donors (Lipinski definition) is 1. The SMILES string of the molecule is COc1ccc(N(C(=O)Cn2nnc(-c3ccc(C)o3)n2)[C@H](C(=O)NC(C)(C)C)c2cccs2)cc1. The molecule has 3 aromatic heterocycles. The molecule has 0 aliphatic rings. The van der Waals surface area contributed by atoms with Crippen molar-refractivity contribution in [3.05, 3.63) is 64.5 Å². The van der Waals surface area contributed by atoms with Crippen molar-refractivity contribution in [2.45, 2.75) is 45.8 Å². The first kappa shape index (κ1) is 25.1. The molecule has 1 N–H and O–H groups in total. The van der Waals surface area contributed by atoms with Crippen LogP contribution in [0.25, 0.3) is 11.6 Å². The molecular formula is C25H28N6O4S. The molecule has 0 unspecified atom stereocenters. The van der Waals surface area contributed by atoms with E-state index in [4.69, 9.17) is 9.15 Å². The van der Waals surface area contributed by atoms with Gasteiger partial charge in [0.2, 0.25) is 11.7 Å². The maximum Gasteiger partial charge on any atom is 0.251 e. The van der Waals surface area contributed by atoms with E-state index in [1.165, 1.54) is 21.0 Å². The minimum absolute atomic E-state index is 0.233. The Hall–Kier alpha value is -3.99. The molecule has 10 nitrogen and oxygen atoms in total. The number of methoxy groups -OCH3 is 1. The predicted octanol–water partition coefficient (Wildman–Crippen LogP) is 4.00. The molecule has 0 radical (unpaired) electrons. The molecule has 2 amide bonds. The Kier molecular flexibility index (Phi) is 7.20. The van der Waals surface area contributed by atoms with Gasteiger partial charge in [0.15, 0.2) is 5.76 Å². The van der Waals surface area contributed by atoms with E-state index in [9.17, 15) is 9.59 Å². The summed E-state index contributed by atoms with van der Waals surface area (Å²) in [4.78, 5) is 30.7. The van der Waals surface area contributed by atoms with E-state index in [1.54, 1.807) is 43.5 Å². The number of tetrazole rings is 1. The van der Waals surface area contributed by atoms with Crippen molar-refractivity contribution in [1.29, 1.82) is 0 Å². The van der Waals surface area contributed by atoms with Gasteiger partial charge in [-0.15, -0.1) is 21.5 Å². The Morgan fingerprint density at radius 1 is 1.17 bits per heavy atom. The quantitative estimate of drug-likeness (QED) is 0.382. The number of furan rings is 1. The summed E-state index contributed by atoms with van der Waals surface area (Å²) in [6.07, 6.45) is 0. The van der Waals surface area contributed by atoms with Crippen LogP contribution in [0.3, 0.4) is 0 Å². The second-order valence-electron chi connectivity index (χ2n) is 9.17. The van der Waals surface area contributed by atoms with Gasteiger partial charge in [-0.25, -0.2) is 0 Å². The summed E-state index contributed by atoms with van der Waals surface area (Å²) in [5.41, 5.74) is 0.0374.